The number of rotatable bonds is 2. The molecule has 0 saturated heterocycles. The van der Waals surface area contributed by atoms with Crippen LogP contribution in [0.4, 0.5) is 5.82 Å². The molecule has 2 heterocycles. The number of hydrogen-bond acceptors (Lipinski definition) is 3. The highest BCUT2D eigenvalue weighted by atomic mass is 35.5. The van der Waals surface area contributed by atoms with Gasteiger partial charge in [0.2, 0.25) is 0 Å². The Hall–Kier alpha value is -2.20. The van der Waals surface area contributed by atoms with Crippen LogP contribution in [0.1, 0.15) is 11.5 Å². The van der Waals surface area contributed by atoms with Gasteiger partial charge in [0.05, 0.1) is 0 Å². The zero-order valence-electron chi connectivity index (χ0n) is 9.90. The van der Waals surface area contributed by atoms with Crippen molar-refractivity contribution < 1.29 is 4.79 Å². The van der Waals surface area contributed by atoms with Gasteiger partial charge in [-0.05, 0) is 23.8 Å². The fourth-order valence-electron chi connectivity index (χ4n) is 1.98. The molecule has 1 aromatic carbocycles. The lowest BCUT2D eigenvalue weighted by Gasteiger charge is -2.13. The molecular formula is C14H10ClN3O. The summed E-state index contributed by atoms with van der Waals surface area (Å²) in [7, 11) is 0. The summed E-state index contributed by atoms with van der Waals surface area (Å²) in [6, 6.07) is 12.6. The van der Waals surface area contributed by atoms with Gasteiger partial charge in [0.25, 0.3) is 5.91 Å². The number of hydrazone groups is 1. The molecule has 0 saturated carbocycles. The van der Waals surface area contributed by atoms with Crippen molar-refractivity contribution in [2.24, 2.45) is 5.10 Å². The standard InChI is InChI=1S/C14H10ClN3O/c15-12-6-2-1-5-10(12)11-9-17-18(14(11)19)13-7-3-4-8-16-13/h1-9,11H. The number of anilines is 1. The van der Waals surface area contributed by atoms with Gasteiger partial charge in [0.1, 0.15) is 5.92 Å². The summed E-state index contributed by atoms with van der Waals surface area (Å²) in [6.07, 6.45) is 3.22. The molecule has 3 rings (SSSR count). The van der Waals surface area contributed by atoms with Crippen LogP contribution < -0.4 is 5.01 Å². The molecular weight excluding hydrogens is 262 g/mol. The molecule has 0 spiro atoms. The van der Waals surface area contributed by atoms with E-state index in [0.29, 0.717) is 10.8 Å². The molecule has 1 atom stereocenters. The van der Waals surface area contributed by atoms with Gasteiger partial charge in [-0.1, -0.05) is 35.9 Å². The summed E-state index contributed by atoms with van der Waals surface area (Å²) in [6.45, 7) is 0. The Bertz CT molecular complexity index is 642. The molecule has 0 bridgehead atoms. The van der Waals surface area contributed by atoms with Crippen molar-refractivity contribution >= 4 is 29.5 Å². The minimum absolute atomic E-state index is 0.146. The molecule has 0 aliphatic carbocycles. The maximum Gasteiger partial charge on any atom is 0.261 e. The van der Waals surface area contributed by atoms with E-state index in [1.165, 1.54) is 5.01 Å². The van der Waals surface area contributed by atoms with Gasteiger partial charge in [0.15, 0.2) is 5.82 Å². The van der Waals surface area contributed by atoms with Gasteiger partial charge in [-0.25, -0.2) is 4.98 Å². The summed E-state index contributed by atoms with van der Waals surface area (Å²) < 4.78 is 0. The maximum atomic E-state index is 12.4. The highest BCUT2D eigenvalue weighted by molar-refractivity contribution is 6.32. The van der Waals surface area contributed by atoms with E-state index in [-0.39, 0.29) is 5.91 Å². The second-order valence-corrected chi connectivity index (χ2v) is 4.51. The summed E-state index contributed by atoms with van der Waals surface area (Å²) >= 11 is 6.12. The highest BCUT2D eigenvalue weighted by Crippen LogP contribution is 2.29. The second-order valence-electron chi connectivity index (χ2n) is 4.10. The average molecular weight is 272 g/mol. The number of hydrogen-bond donors (Lipinski definition) is 0. The van der Waals surface area contributed by atoms with Crippen LogP contribution in [0.2, 0.25) is 5.02 Å². The molecule has 1 aliphatic heterocycles. The molecule has 1 aromatic heterocycles. The first-order chi connectivity index (χ1) is 9.27. The fourth-order valence-corrected chi connectivity index (χ4v) is 2.23. The van der Waals surface area contributed by atoms with E-state index in [0.717, 1.165) is 5.56 Å². The molecule has 19 heavy (non-hydrogen) atoms. The van der Waals surface area contributed by atoms with Crippen molar-refractivity contribution in [1.82, 2.24) is 4.98 Å². The van der Waals surface area contributed by atoms with Gasteiger partial charge in [-0.2, -0.15) is 10.1 Å². The van der Waals surface area contributed by atoms with Gasteiger partial charge in [-0.15, -0.1) is 0 Å². The quantitative estimate of drug-likeness (QED) is 0.843. The Morgan fingerprint density at radius 2 is 1.89 bits per heavy atom. The molecule has 2 aromatic rings. The van der Waals surface area contributed by atoms with Crippen LogP contribution in [-0.4, -0.2) is 17.1 Å². The van der Waals surface area contributed by atoms with Crippen LogP contribution in [0.5, 0.6) is 0 Å². The second kappa shape index (κ2) is 4.82. The molecule has 0 radical (unpaired) electrons. The van der Waals surface area contributed by atoms with Crippen molar-refractivity contribution in [3.63, 3.8) is 0 Å². The number of halogens is 1. The molecule has 0 fully saturated rings. The molecule has 5 heteroatoms. The van der Waals surface area contributed by atoms with E-state index in [1.807, 2.05) is 24.3 Å². The normalized spacial score (nSPS) is 18.1. The van der Waals surface area contributed by atoms with Crippen LogP contribution in [0, 0.1) is 0 Å². The van der Waals surface area contributed by atoms with Crippen molar-refractivity contribution in [1.29, 1.82) is 0 Å². The van der Waals surface area contributed by atoms with Crippen molar-refractivity contribution in [2.75, 3.05) is 5.01 Å². The third-order valence-corrected chi connectivity index (χ3v) is 3.26. The number of amides is 1. The zero-order chi connectivity index (χ0) is 13.2. The van der Waals surface area contributed by atoms with Crippen LogP contribution in [0.3, 0.4) is 0 Å². The minimum atomic E-state index is -0.448. The summed E-state index contributed by atoms with van der Waals surface area (Å²) in [5.41, 5.74) is 0.761. The maximum absolute atomic E-state index is 12.4. The van der Waals surface area contributed by atoms with Crippen LogP contribution in [0.25, 0.3) is 0 Å². The predicted octanol–water partition coefficient (Wildman–Crippen LogP) is 2.85. The highest BCUT2D eigenvalue weighted by Gasteiger charge is 2.32. The number of carbonyl (C=O) groups is 1. The van der Waals surface area contributed by atoms with Crippen LogP contribution >= 0.6 is 11.6 Å². The minimum Gasteiger partial charge on any atom is -0.271 e. The largest absolute Gasteiger partial charge is 0.271 e. The first kappa shape index (κ1) is 11.9. The molecule has 4 nitrogen and oxygen atoms in total. The topological polar surface area (TPSA) is 45.6 Å². The SMILES string of the molecule is O=C1C(c2ccccc2Cl)C=NN1c1ccccn1. The number of nitrogens with zero attached hydrogens (tertiary/aromatic N) is 3. The van der Waals surface area contributed by atoms with E-state index in [2.05, 4.69) is 10.1 Å². The van der Waals surface area contributed by atoms with E-state index in [9.17, 15) is 4.79 Å². The van der Waals surface area contributed by atoms with Gasteiger partial charge in [-0.3, -0.25) is 4.79 Å². The number of benzene rings is 1. The van der Waals surface area contributed by atoms with E-state index >= 15 is 0 Å². The first-order valence-electron chi connectivity index (χ1n) is 5.81. The number of aromatic nitrogens is 1. The third kappa shape index (κ3) is 2.11. The summed E-state index contributed by atoms with van der Waals surface area (Å²) in [5, 5.41) is 5.99. The van der Waals surface area contributed by atoms with E-state index in [4.69, 9.17) is 11.6 Å². The lowest BCUT2D eigenvalue weighted by Crippen LogP contribution is -2.25. The lowest BCUT2D eigenvalue weighted by atomic mass is 10.0. The molecule has 1 unspecified atom stereocenters. The fraction of sp³-hybridized carbons (Fsp3) is 0.0714. The third-order valence-electron chi connectivity index (χ3n) is 2.91. The Labute approximate surface area is 115 Å². The zero-order valence-corrected chi connectivity index (χ0v) is 10.7. The smallest absolute Gasteiger partial charge is 0.261 e. The van der Waals surface area contributed by atoms with Gasteiger partial charge < -0.3 is 0 Å². The van der Waals surface area contributed by atoms with Crippen molar-refractivity contribution in [3.05, 3.63) is 59.2 Å². The van der Waals surface area contributed by atoms with Crippen LogP contribution in [0.15, 0.2) is 53.8 Å². The monoisotopic (exact) mass is 271 g/mol. The lowest BCUT2D eigenvalue weighted by molar-refractivity contribution is -0.118. The molecule has 94 valence electrons. The average Bonchev–Trinajstić information content (AvgIpc) is 2.82. The van der Waals surface area contributed by atoms with Crippen molar-refractivity contribution in [3.8, 4) is 0 Å². The molecule has 1 amide bonds. The summed E-state index contributed by atoms with van der Waals surface area (Å²) in [5.74, 6) is -0.0826. The number of carbonyl (C=O) groups excluding carboxylic acids is 1. The predicted molar refractivity (Wildman–Crippen MR) is 74.4 cm³/mol. The Morgan fingerprint density at radius 3 is 2.63 bits per heavy atom. The Morgan fingerprint density at radius 1 is 1.11 bits per heavy atom. The van der Waals surface area contributed by atoms with Crippen molar-refractivity contribution in [2.45, 2.75) is 5.92 Å². The number of pyridine rings is 1. The van der Waals surface area contributed by atoms with Gasteiger partial charge in [0, 0.05) is 17.4 Å². The van der Waals surface area contributed by atoms with E-state index in [1.54, 1.807) is 30.6 Å². The Kier molecular flexibility index (Phi) is 3.01. The molecule has 1 aliphatic rings. The van der Waals surface area contributed by atoms with Gasteiger partial charge >= 0.3 is 0 Å². The van der Waals surface area contributed by atoms with E-state index < -0.39 is 5.92 Å². The van der Waals surface area contributed by atoms with Crippen LogP contribution in [-0.2, 0) is 4.79 Å². The first-order valence-corrected chi connectivity index (χ1v) is 6.18. The Balaban J connectivity index is 1.92. The molecule has 0 N–H and O–H groups in total. The summed E-state index contributed by atoms with van der Waals surface area (Å²) in [4.78, 5) is 16.5.